The van der Waals surface area contributed by atoms with Crippen LogP contribution >= 0.6 is 0 Å². The van der Waals surface area contributed by atoms with Crippen LogP contribution in [0.3, 0.4) is 0 Å². The van der Waals surface area contributed by atoms with E-state index in [1.54, 1.807) is 0 Å². The second-order valence-corrected chi connectivity index (χ2v) is 8.41. The summed E-state index contributed by atoms with van der Waals surface area (Å²) in [5.74, 6) is 2.82. The first kappa shape index (κ1) is 21.9. The molecule has 0 aliphatic heterocycles. The Morgan fingerprint density at radius 3 is 2.53 bits per heavy atom. The van der Waals surface area contributed by atoms with Gasteiger partial charge in [0.15, 0.2) is 11.9 Å². The van der Waals surface area contributed by atoms with E-state index in [4.69, 9.17) is 14.5 Å². The SMILES string of the molecule is CCC(Oc1cccc(C)c1)c1nc2ccccc2n1CCCOc1cc(C)ccc1C. The molecule has 4 rings (SSSR count). The van der Waals surface area contributed by atoms with Crippen LogP contribution < -0.4 is 9.47 Å². The Morgan fingerprint density at radius 1 is 0.906 bits per heavy atom. The molecule has 1 aromatic heterocycles. The van der Waals surface area contributed by atoms with Crippen molar-refractivity contribution in [3.63, 3.8) is 0 Å². The molecule has 0 aliphatic carbocycles. The molecule has 0 spiro atoms. The van der Waals surface area contributed by atoms with Crippen LogP contribution in [0.1, 0.15) is 48.4 Å². The molecule has 0 radical (unpaired) electrons. The third-order valence-corrected chi connectivity index (χ3v) is 5.74. The predicted octanol–water partition coefficient (Wildman–Crippen LogP) is 6.96. The van der Waals surface area contributed by atoms with Gasteiger partial charge in [0.05, 0.1) is 17.6 Å². The van der Waals surface area contributed by atoms with E-state index in [1.807, 2.05) is 18.2 Å². The Hall–Kier alpha value is -3.27. The molecular weight excluding hydrogens is 396 g/mol. The van der Waals surface area contributed by atoms with E-state index in [-0.39, 0.29) is 6.10 Å². The summed E-state index contributed by atoms with van der Waals surface area (Å²) in [6.45, 7) is 9.90. The molecule has 1 unspecified atom stereocenters. The van der Waals surface area contributed by atoms with Gasteiger partial charge in [-0.15, -0.1) is 0 Å². The zero-order chi connectivity index (χ0) is 22.5. The third kappa shape index (κ3) is 4.96. The number of benzene rings is 3. The Kier molecular flexibility index (Phi) is 6.79. The lowest BCUT2D eigenvalue weighted by molar-refractivity contribution is 0.185. The van der Waals surface area contributed by atoms with Gasteiger partial charge in [0.2, 0.25) is 0 Å². The topological polar surface area (TPSA) is 36.3 Å². The van der Waals surface area contributed by atoms with Gasteiger partial charge in [-0.25, -0.2) is 4.98 Å². The van der Waals surface area contributed by atoms with Crippen molar-refractivity contribution in [3.8, 4) is 11.5 Å². The van der Waals surface area contributed by atoms with Gasteiger partial charge >= 0.3 is 0 Å². The Morgan fingerprint density at radius 2 is 1.72 bits per heavy atom. The lowest BCUT2D eigenvalue weighted by Gasteiger charge is -2.19. The highest BCUT2D eigenvalue weighted by atomic mass is 16.5. The first-order valence-corrected chi connectivity index (χ1v) is 11.4. The van der Waals surface area contributed by atoms with Crippen molar-refractivity contribution in [2.75, 3.05) is 6.61 Å². The minimum absolute atomic E-state index is 0.107. The van der Waals surface area contributed by atoms with Crippen LogP contribution in [-0.4, -0.2) is 16.2 Å². The standard InChI is InChI=1S/C28H32N2O2/c1-5-26(32-23-11-8-10-20(2)18-23)28-29-24-12-6-7-13-25(24)30(28)16-9-17-31-27-19-21(3)14-15-22(27)4/h6-8,10-15,18-19,26H,5,9,16-17H2,1-4H3. The quantitative estimate of drug-likeness (QED) is 0.270. The lowest BCUT2D eigenvalue weighted by Crippen LogP contribution is -2.15. The summed E-state index contributed by atoms with van der Waals surface area (Å²) in [4.78, 5) is 4.96. The molecule has 1 heterocycles. The first-order chi connectivity index (χ1) is 15.5. The number of hydrogen-bond acceptors (Lipinski definition) is 3. The summed E-state index contributed by atoms with van der Waals surface area (Å²) < 4.78 is 14.8. The van der Waals surface area contributed by atoms with Crippen molar-refractivity contribution in [1.29, 1.82) is 0 Å². The molecule has 0 aliphatic rings. The molecular formula is C28H32N2O2. The summed E-state index contributed by atoms with van der Waals surface area (Å²) in [6.07, 6.45) is 1.63. The predicted molar refractivity (Wildman–Crippen MR) is 131 cm³/mol. The maximum absolute atomic E-state index is 6.39. The zero-order valence-electron chi connectivity index (χ0n) is 19.5. The van der Waals surface area contributed by atoms with Crippen molar-refractivity contribution < 1.29 is 9.47 Å². The molecule has 166 valence electrons. The van der Waals surface area contributed by atoms with Crippen LogP contribution in [-0.2, 0) is 6.54 Å². The highest BCUT2D eigenvalue weighted by Gasteiger charge is 2.20. The van der Waals surface area contributed by atoms with Crippen molar-refractivity contribution in [1.82, 2.24) is 9.55 Å². The lowest BCUT2D eigenvalue weighted by atomic mass is 10.1. The molecule has 0 fully saturated rings. The average Bonchev–Trinajstić information content (AvgIpc) is 3.15. The van der Waals surface area contributed by atoms with Crippen molar-refractivity contribution >= 4 is 11.0 Å². The van der Waals surface area contributed by atoms with Gasteiger partial charge in [-0.05, 0) is 80.6 Å². The van der Waals surface area contributed by atoms with Crippen LogP contribution in [0.15, 0.2) is 66.7 Å². The first-order valence-electron chi connectivity index (χ1n) is 11.4. The normalized spacial score (nSPS) is 12.1. The van der Waals surface area contributed by atoms with Gasteiger partial charge in [0, 0.05) is 6.54 Å². The summed E-state index contributed by atoms with van der Waals surface area (Å²) in [7, 11) is 0. The second kappa shape index (κ2) is 9.90. The van der Waals surface area contributed by atoms with Crippen molar-refractivity contribution in [2.45, 2.75) is 53.2 Å². The van der Waals surface area contributed by atoms with Gasteiger partial charge in [-0.1, -0.05) is 43.3 Å². The fourth-order valence-corrected chi connectivity index (χ4v) is 4.01. The Labute approximate surface area is 190 Å². The van der Waals surface area contributed by atoms with E-state index in [9.17, 15) is 0 Å². The molecule has 4 aromatic rings. The van der Waals surface area contributed by atoms with Crippen LogP contribution in [0.4, 0.5) is 0 Å². The van der Waals surface area contributed by atoms with E-state index in [0.29, 0.717) is 6.61 Å². The van der Waals surface area contributed by atoms with E-state index in [1.165, 1.54) is 16.7 Å². The number of para-hydroxylation sites is 2. The van der Waals surface area contributed by atoms with Crippen LogP contribution in [0.25, 0.3) is 11.0 Å². The Bertz CT molecular complexity index is 1200. The van der Waals surface area contributed by atoms with Crippen LogP contribution in [0, 0.1) is 20.8 Å². The van der Waals surface area contributed by atoms with Gasteiger partial charge < -0.3 is 14.0 Å². The molecule has 4 heteroatoms. The fourth-order valence-electron chi connectivity index (χ4n) is 4.01. The molecule has 0 bridgehead atoms. The molecule has 0 N–H and O–H groups in total. The molecule has 0 amide bonds. The van der Waals surface area contributed by atoms with Gasteiger partial charge in [-0.2, -0.15) is 0 Å². The maximum Gasteiger partial charge on any atom is 0.156 e. The number of aromatic nitrogens is 2. The summed E-state index contributed by atoms with van der Waals surface area (Å²) >= 11 is 0. The number of hydrogen-bond donors (Lipinski definition) is 0. The maximum atomic E-state index is 6.39. The van der Waals surface area contributed by atoms with Gasteiger partial charge in [0.25, 0.3) is 0 Å². The van der Waals surface area contributed by atoms with Crippen LogP contribution in [0.5, 0.6) is 11.5 Å². The number of imidazole rings is 1. The number of nitrogens with zero attached hydrogens (tertiary/aromatic N) is 2. The molecule has 1 atom stereocenters. The average molecular weight is 429 g/mol. The largest absolute Gasteiger partial charge is 0.493 e. The number of rotatable bonds is 9. The smallest absolute Gasteiger partial charge is 0.156 e. The highest BCUT2D eigenvalue weighted by Crippen LogP contribution is 2.28. The second-order valence-electron chi connectivity index (χ2n) is 8.41. The van der Waals surface area contributed by atoms with E-state index in [2.05, 4.69) is 80.8 Å². The molecule has 0 saturated carbocycles. The van der Waals surface area contributed by atoms with Crippen molar-refractivity contribution in [3.05, 3.63) is 89.2 Å². The summed E-state index contributed by atoms with van der Waals surface area (Å²) in [6, 6.07) is 22.9. The molecule has 3 aromatic carbocycles. The summed E-state index contributed by atoms with van der Waals surface area (Å²) in [5.41, 5.74) is 5.72. The van der Waals surface area contributed by atoms with Gasteiger partial charge in [0.1, 0.15) is 11.5 Å². The number of aryl methyl sites for hydroxylation is 4. The fraction of sp³-hybridized carbons (Fsp3) is 0.321. The van der Waals surface area contributed by atoms with E-state index < -0.39 is 0 Å². The summed E-state index contributed by atoms with van der Waals surface area (Å²) in [5, 5.41) is 0. The molecule has 4 nitrogen and oxygen atoms in total. The minimum atomic E-state index is -0.107. The number of ether oxygens (including phenoxy) is 2. The van der Waals surface area contributed by atoms with Gasteiger partial charge in [-0.3, -0.25) is 0 Å². The minimum Gasteiger partial charge on any atom is -0.493 e. The molecule has 0 saturated heterocycles. The Balaban J connectivity index is 1.53. The number of fused-ring (bicyclic) bond motifs is 1. The van der Waals surface area contributed by atoms with E-state index in [0.717, 1.165) is 47.7 Å². The van der Waals surface area contributed by atoms with Crippen LogP contribution in [0.2, 0.25) is 0 Å². The van der Waals surface area contributed by atoms with Crippen molar-refractivity contribution in [2.24, 2.45) is 0 Å². The highest BCUT2D eigenvalue weighted by molar-refractivity contribution is 5.76. The monoisotopic (exact) mass is 428 g/mol. The molecule has 32 heavy (non-hydrogen) atoms. The van der Waals surface area contributed by atoms with E-state index >= 15 is 0 Å². The zero-order valence-corrected chi connectivity index (χ0v) is 19.5. The third-order valence-electron chi connectivity index (χ3n) is 5.74.